The average Bonchev–Trinajstić information content (AvgIpc) is 2.69. The molecule has 1 N–H and O–H groups in total. The van der Waals surface area contributed by atoms with E-state index in [1.165, 1.54) is 0 Å². The lowest BCUT2D eigenvalue weighted by Crippen LogP contribution is -2.24. The van der Waals surface area contributed by atoms with Crippen LogP contribution < -0.4 is 10.2 Å². The molecule has 0 heterocycles. The van der Waals surface area contributed by atoms with Gasteiger partial charge in [-0.25, -0.2) is 5.43 Å². The Morgan fingerprint density at radius 1 is 1.04 bits per heavy atom. The summed E-state index contributed by atoms with van der Waals surface area (Å²) in [5.41, 5.74) is 3.39. The summed E-state index contributed by atoms with van der Waals surface area (Å²) >= 11 is 7.52. The van der Waals surface area contributed by atoms with E-state index in [0.29, 0.717) is 10.8 Å². The largest absolute Gasteiger partial charge is 0.484 e. The summed E-state index contributed by atoms with van der Waals surface area (Å²) in [7, 11) is 0. The minimum atomic E-state index is -0.348. The van der Waals surface area contributed by atoms with E-state index >= 15 is 0 Å². The van der Waals surface area contributed by atoms with Gasteiger partial charge in [-0.2, -0.15) is 5.10 Å². The number of rotatable bonds is 7. The monoisotopic (exact) mass is 396 g/mol. The lowest BCUT2D eigenvalue weighted by Gasteiger charge is -2.06. The Hall–Kier alpha value is -2.76. The number of hydrogen-bond donors (Lipinski definition) is 1. The van der Waals surface area contributed by atoms with E-state index in [1.54, 1.807) is 42.2 Å². The molecule has 0 aliphatic carbocycles. The van der Waals surface area contributed by atoms with Crippen LogP contribution in [0.1, 0.15) is 5.56 Å². The first-order valence-corrected chi connectivity index (χ1v) is 9.42. The Labute approximate surface area is 167 Å². The van der Waals surface area contributed by atoms with E-state index in [-0.39, 0.29) is 12.5 Å². The maximum absolute atomic E-state index is 11.9. The molecule has 0 atom stereocenters. The second kappa shape index (κ2) is 9.80. The van der Waals surface area contributed by atoms with E-state index < -0.39 is 0 Å². The lowest BCUT2D eigenvalue weighted by molar-refractivity contribution is -0.123. The number of carbonyl (C=O) groups excluding carboxylic acids is 1. The zero-order valence-electron chi connectivity index (χ0n) is 14.3. The summed E-state index contributed by atoms with van der Waals surface area (Å²) in [6, 6.07) is 24.8. The number of nitrogens with zero attached hydrogens (tertiary/aromatic N) is 1. The molecule has 1 amide bonds. The predicted molar refractivity (Wildman–Crippen MR) is 110 cm³/mol. The fourth-order valence-corrected chi connectivity index (χ4v) is 3.32. The van der Waals surface area contributed by atoms with Crippen LogP contribution >= 0.6 is 23.4 Å². The standard InChI is InChI=1S/C21H17ClN2O2S/c22-17-8-6-9-18(13-17)26-15-21(25)24-23-14-16-7-4-5-12-20(16)27-19-10-2-1-3-11-19/h1-14H,15H2,(H,24,25)/b23-14-. The van der Waals surface area contributed by atoms with Crippen molar-refractivity contribution in [3.05, 3.63) is 89.4 Å². The van der Waals surface area contributed by atoms with Crippen LogP contribution in [-0.4, -0.2) is 18.7 Å². The van der Waals surface area contributed by atoms with Crippen LogP contribution in [0.5, 0.6) is 5.75 Å². The van der Waals surface area contributed by atoms with E-state index in [9.17, 15) is 4.79 Å². The molecule has 0 saturated carbocycles. The zero-order valence-corrected chi connectivity index (χ0v) is 15.9. The number of ether oxygens (including phenoxy) is 1. The van der Waals surface area contributed by atoms with Gasteiger partial charge < -0.3 is 4.74 Å². The van der Waals surface area contributed by atoms with Crippen molar-refractivity contribution in [3.8, 4) is 5.75 Å². The first-order valence-electron chi connectivity index (χ1n) is 8.23. The Morgan fingerprint density at radius 3 is 2.63 bits per heavy atom. The number of halogens is 1. The second-order valence-corrected chi connectivity index (χ2v) is 7.04. The molecule has 0 fully saturated rings. The minimum absolute atomic E-state index is 0.141. The molecule has 3 rings (SSSR count). The van der Waals surface area contributed by atoms with Crippen LogP contribution in [0.2, 0.25) is 5.02 Å². The summed E-state index contributed by atoms with van der Waals surface area (Å²) < 4.78 is 5.38. The maximum atomic E-state index is 11.9. The van der Waals surface area contributed by atoms with Gasteiger partial charge in [0, 0.05) is 20.4 Å². The summed E-state index contributed by atoms with van der Waals surface area (Å²) in [5, 5.41) is 4.58. The van der Waals surface area contributed by atoms with Crippen LogP contribution in [0.15, 0.2) is 93.8 Å². The highest BCUT2D eigenvalue weighted by atomic mass is 35.5. The molecule has 0 aromatic heterocycles. The topological polar surface area (TPSA) is 50.7 Å². The van der Waals surface area contributed by atoms with Crippen LogP contribution in [-0.2, 0) is 4.79 Å². The molecular weight excluding hydrogens is 380 g/mol. The van der Waals surface area contributed by atoms with Crippen molar-refractivity contribution in [1.82, 2.24) is 5.43 Å². The molecular formula is C21H17ClN2O2S. The van der Waals surface area contributed by atoms with Gasteiger partial charge in [-0.05, 0) is 36.4 Å². The normalized spacial score (nSPS) is 10.7. The number of hydrogen-bond acceptors (Lipinski definition) is 4. The van der Waals surface area contributed by atoms with Gasteiger partial charge in [0.25, 0.3) is 5.91 Å². The quantitative estimate of drug-likeness (QED) is 0.450. The van der Waals surface area contributed by atoms with Gasteiger partial charge in [-0.1, -0.05) is 65.8 Å². The highest BCUT2D eigenvalue weighted by Gasteiger charge is 2.04. The van der Waals surface area contributed by atoms with Gasteiger partial charge in [0.05, 0.1) is 6.21 Å². The molecule has 0 radical (unpaired) electrons. The number of hydrazone groups is 1. The summed E-state index contributed by atoms with van der Waals surface area (Å²) in [5.74, 6) is 0.186. The highest BCUT2D eigenvalue weighted by Crippen LogP contribution is 2.29. The molecule has 4 nitrogen and oxygen atoms in total. The van der Waals surface area contributed by atoms with Gasteiger partial charge >= 0.3 is 0 Å². The van der Waals surface area contributed by atoms with Crippen LogP contribution in [0, 0.1) is 0 Å². The van der Waals surface area contributed by atoms with Crippen molar-refractivity contribution in [2.24, 2.45) is 5.10 Å². The minimum Gasteiger partial charge on any atom is -0.484 e. The fourth-order valence-electron chi connectivity index (χ4n) is 2.21. The van der Waals surface area contributed by atoms with E-state index in [4.69, 9.17) is 16.3 Å². The SMILES string of the molecule is O=C(COc1cccc(Cl)c1)N/N=C\c1ccccc1Sc1ccccc1. The van der Waals surface area contributed by atoms with Gasteiger partial charge in [0.15, 0.2) is 6.61 Å². The summed E-state index contributed by atoms with van der Waals surface area (Å²) in [6.45, 7) is -0.141. The number of benzene rings is 3. The molecule has 3 aromatic rings. The van der Waals surface area contributed by atoms with Crippen LogP contribution in [0.25, 0.3) is 0 Å². The lowest BCUT2D eigenvalue weighted by atomic mass is 10.2. The van der Waals surface area contributed by atoms with Gasteiger partial charge in [-0.3, -0.25) is 4.79 Å². The molecule has 3 aromatic carbocycles. The molecule has 6 heteroatoms. The number of carbonyl (C=O) groups is 1. The number of amides is 1. The predicted octanol–water partition coefficient (Wildman–Crippen LogP) is 5.02. The molecule has 136 valence electrons. The molecule has 0 aliphatic heterocycles. The Bertz CT molecular complexity index is 932. The Balaban J connectivity index is 1.55. The average molecular weight is 397 g/mol. The van der Waals surface area contributed by atoms with Gasteiger partial charge in [0.1, 0.15) is 5.75 Å². The Morgan fingerprint density at radius 2 is 1.81 bits per heavy atom. The molecule has 0 aliphatic rings. The van der Waals surface area contributed by atoms with Crippen molar-refractivity contribution in [2.45, 2.75) is 9.79 Å². The smallest absolute Gasteiger partial charge is 0.277 e. The van der Waals surface area contributed by atoms with Crippen molar-refractivity contribution in [3.63, 3.8) is 0 Å². The summed E-state index contributed by atoms with van der Waals surface area (Å²) in [6.07, 6.45) is 1.63. The molecule has 27 heavy (non-hydrogen) atoms. The van der Waals surface area contributed by atoms with Gasteiger partial charge in [-0.15, -0.1) is 0 Å². The molecule has 0 saturated heterocycles. The fraction of sp³-hybridized carbons (Fsp3) is 0.0476. The molecule has 0 unspecified atom stereocenters. The third-order valence-electron chi connectivity index (χ3n) is 3.45. The maximum Gasteiger partial charge on any atom is 0.277 e. The van der Waals surface area contributed by atoms with Crippen molar-refractivity contribution < 1.29 is 9.53 Å². The van der Waals surface area contributed by atoms with Crippen molar-refractivity contribution >= 4 is 35.5 Å². The van der Waals surface area contributed by atoms with Gasteiger partial charge in [0.2, 0.25) is 0 Å². The zero-order chi connectivity index (χ0) is 18.9. The molecule has 0 bridgehead atoms. The first kappa shape index (κ1) is 19.0. The number of nitrogens with one attached hydrogen (secondary N) is 1. The van der Waals surface area contributed by atoms with Crippen LogP contribution in [0.4, 0.5) is 0 Å². The third-order valence-corrected chi connectivity index (χ3v) is 4.78. The Kier molecular flexibility index (Phi) is 6.90. The van der Waals surface area contributed by atoms with E-state index in [1.807, 2.05) is 54.6 Å². The second-order valence-electron chi connectivity index (χ2n) is 5.49. The van der Waals surface area contributed by atoms with Crippen LogP contribution in [0.3, 0.4) is 0 Å². The molecule has 0 spiro atoms. The highest BCUT2D eigenvalue weighted by molar-refractivity contribution is 7.99. The van der Waals surface area contributed by atoms with E-state index in [0.717, 1.165) is 15.4 Å². The third kappa shape index (κ3) is 6.16. The first-order chi connectivity index (χ1) is 13.2. The van der Waals surface area contributed by atoms with Crippen molar-refractivity contribution in [2.75, 3.05) is 6.61 Å². The van der Waals surface area contributed by atoms with Crippen molar-refractivity contribution in [1.29, 1.82) is 0 Å². The summed E-state index contributed by atoms with van der Waals surface area (Å²) in [4.78, 5) is 14.1. The van der Waals surface area contributed by atoms with E-state index in [2.05, 4.69) is 10.5 Å².